The molecule has 1 unspecified atom stereocenters. The van der Waals surface area contributed by atoms with Gasteiger partial charge in [-0.3, -0.25) is 0 Å². The number of hydrogen-bond donors (Lipinski definition) is 1. The first-order chi connectivity index (χ1) is 13.2. The number of rotatable bonds is 2. The van der Waals surface area contributed by atoms with Crippen molar-refractivity contribution >= 4 is 5.97 Å². The molecule has 7 atom stereocenters. The van der Waals surface area contributed by atoms with Crippen LogP contribution in [0.25, 0.3) is 0 Å². The number of hydrogen-bond acceptors (Lipinski definition) is 3. The zero-order valence-electron chi connectivity index (χ0n) is 20.3. The van der Waals surface area contributed by atoms with Gasteiger partial charge in [0, 0.05) is 5.41 Å². The monoisotopic (exact) mass is 406 g/mol. The van der Waals surface area contributed by atoms with Crippen molar-refractivity contribution in [2.24, 2.45) is 45.8 Å². The molecule has 3 aliphatic carbocycles. The minimum atomic E-state index is -1.35. The Morgan fingerprint density at radius 1 is 0.966 bits per heavy atom. The van der Waals surface area contributed by atoms with Crippen LogP contribution in [0.1, 0.15) is 100 Å². The van der Waals surface area contributed by atoms with Gasteiger partial charge in [0.2, 0.25) is 0 Å². The predicted octanol–water partition coefficient (Wildman–Crippen LogP) is 6.23. The Kier molecular flexibility index (Phi) is 6.00. The number of carbonyl (C=O) groups excluding carboxylic acids is 1. The highest BCUT2D eigenvalue weighted by molar-refractivity contribution is 5.80. The molecule has 0 amide bonds. The average molecular weight is 407 g/mol. The first-order valence-corrected chi connectivity index (χ1v) is 12.1. The number of carbonyl (C=O) groups is 1. The van der Waals surface area contributed by atoms with Gasteiger partial charge in [-0.2, -0.15) is 0 Å². The lowest BCUT2D eigenvalue weighted by molar-refractivity contribution is -0.213. The topological polar surface area (TPSA) is 46.5 Å². The van der Waals surface area contributed by atoms with Crippen LogP contribution in [0, 0.1) is 45.8 Å². The van der Waals surface area contributed by atoms with Gasteiger partial charge in [0.1, 0.15) is 0 Å². The molecule has 0 heterocycles. The summed E-state index contributed by atoms with van der Waals surface area (Å²) in [7, 11) is 0. The van der Waals surface area contributed by atoms with Gasteiger partial charge in [-0.1, -0.05) is 61.8 Å². The van der Waals surface area contributed by atoms with E-state index in [0.717, 1.165) is 31.6 Å². The molecule has 3 saturated carbocycles. The number of aliphatic hydroxyl groups is 1. The molecule has 0 aromatic carbocycles. The third kappa shape index (κ3) is 3.90. The van der Waals surface area contributed by atoms with Crippen molar-refractivity contribution in [3.63, 3.8) is 0 Å². The molecule has 0 spiro atoms. The summed E-state index contributed by atoms with van der Waals surface area (Å²) in [4.78, 5) is 13.3. The van der Waals surface area contributed by atoms with E-state index in [2.05, 4.69) is 55.4 Å². The van der Waals surface area contributed by atoms with E-state index < -0.39 is 11.0 Å². The largest absolute Gasteiger partial charge is 0.463 e. The van der Waals surface area contributed by atoms with Crippen LogP contribution in [0.15, 0.2) is 0 Å². The van der Waals surface area contributed by atoms with Crippen LogP contribution >= 0.6 is 0 Å². The first-order valence-electron chi connectivity index (χ1n) is 12.1. The second-order valence-corrected chi connectivity index (χ2v) is 13.0. The van der Waals surface area contributed by atoms with Crippen molar-refractivity contribution in [3.05, 3.63) is 0 Å². The van der Waals surface area contributed by atoms with E-state index in [-0.39, 0.29) is 11.4 Å². The van der Waals surface area contributed by atoms with Crippen LogP contribution in [0.4, 0.5) is 0 Å². The van der Waals surface area contributed by atoms with Gasteiger partial charge >= 0.3 is 5.97 Å². The molecule has 0 aliphatic heterocycles. The van der Waals surface area contributed by atoms with Gasteiger partial charge in [0.05, 0.1) is 6.61 Å². The summed E-state index contributed by atoms with van der Waals surface area (Å²) in [5.41, 5.74) is -1.50. The number of ether oxygens (including phenoxy) is 1. The van der Waals surface area contributed by atoms with Gasteiger partial charge in [-0.15, -0.1) is 0 Å². The molecule has 29 heavy (non-hydrogen) atoms. The quantitative estimate of drug-likeness (QED) is 0.553. The fourth-order valence-electron chi connectivity index (χ4n) is 7.39. The van der Waals surface area contributed by atoms with Gasteiger partial charge < -0.3 is 9.84 Å². The lowest BCUT2D eigenvalue weighted by atomic mass is 9.45. The SMILES string of the molecule is C[C@@H]1CCC(O)(C(=O)OCC(C)(C)C)[C@@]2(C)CC[C@H]3[C@H](C)CC[C@@H](C[C@H]12)C3(C)C. The fourth-order valence-corrected chi connectivity index (χ4v) is 7.39. The second kappa shape index (κ2) is 7.53. The summed E-state index contributed by atoms with van der Waals surface area (Å²) in [6, 6.07) is 0. The molecule has 2 bridgehead atoms. The lowest BCUT2D eigenvalue weighted by Gasteiger charge is -2.60. The maximum atomic E-state index is 13.3. The van der Waals surface area contributed by atoms with Crippen molar-refractivity contribution in [1.82, 2.24) is 0 Å². The summed E-state index contributed by atoms with van der Waals surface area (Å²) in [5.74, 6) is 2.63. The van der Waals surface area contributed by atoms with Crippen LogP contribution in [0.3, 0.4) is 0 Å². The lowest BCUT2D eigenvalue weighted by Crippen LogP contribution is -2.62. The molecule has 3 nitrogen and oxygen atoms in total. The third-order valence-electron chi connectivity index (χ3n) is 9.56. The van der Waals surface area contributed by atoms with E-state index in [1.54, 1.807) is 0 Å². The van der Waals surface area contributed by atoms with Crippen molar-refractivity contribution < 1.29 is 14.6 Å². The first kappa shape index (κ1) is 23.1. The van der Waals surface area contributed by atoms with E-state index in [1.807, 2.05) is 0 Å². The molecular formula is C26H46O3. The summed E-state index contributed by atoms with van der Waals surface area (Å²) in [6.07, 6.45) is 7.24. The Morgan fingerprint density at radius 2 is 1.59 bits per heavy atom. The summed E-state index contributed by atoms with van der Waals surface area (Å²) in [5, 5.41) is 11.9. The van der Waals surface area contributed by atoms with Crippen LogP contribution < -0.4 is 0 Å². The van der Waals surface area contributed by atoms with Crippen LogP contribution in [-0.4, -0.2) is 23.3 Å². The molecular weight excluding hydrogens is 360 g/mol. The highest BCUT2D eigenvalue weighted by Gasteiger charge is 2.62. The molecule has 0 aromatic heterocycles. The maximum Gasteiger partial charge on any atom is 0.338 e. The summed E-state index contributed by atoms with van der Waals surface area (Å²) < 4.78 is 5.74. The smallest absolute Gasteiger partial charge is 0.338 e. The minimum absolute atomic E-state index is 0.0916. The number of esters is 1. The number of fused-ring (bicyclic) bond motifs is 3. The summed E-state index contributed by atoms with van der Waals surface area (Å²) in [6.45, 7) is 18.5. The standard InChI is InChI=1S/C26H46O3/c1-17-9-10-19-15-21-18(2)11-14-26(28,22(27)29-16-23(3,4)5)25(21,8)13-12-20(17)24(19,6)7/h17-21,28H,9-16H2,1-8H3/t17-,18-,19+,20+,21-,25+,26?/m1/s1. The van der Waals surface area contributed by atoms with Crippen LogP contribution in [-0.2, 0) is 9.53 Å². The van der Waals surface area contributed by atoms with E-state index in [4.69, 9.17) is 4.74 Å². The van der Waals surface area contributed by atoms with E-state index in [0.29, 0.717) is 42.1 Å². The van der Waals surface area contributed by atoms with Crippen molar-refractivity contribution in [2.45, 2.75) is 106 Å². The highest BCUT2D eigenvalue weighted by atomic mass is 16.6. The van der Waals surface area contributed by atoms with Crippen LogP contribution in [0.5, 0.6) is 0 Å². The Balaban J connectivity index is 1.94. The normalized spacial score (nSPS) is 44.9. The zero-order chi connectivity index (χ0) is 21.8. The van der Waals surface area contributed by atoms with Crippen LogP contribution in [0.2, 0.25) is 0 Å². The Hall–Kier alpha value is -0.570. The zero-order valence-corrected chi connectivity index (χ0v) is 20.3. The van der Waals surface area contributed by atoms with Crippen molar-refractivity contribution in [1.29, 1.82) is 0 Å². The Morgan fingerprint density at radius 3 is 2.21 bits per heavy atom. The van der Waals surface area contributed by atoms with Crippen molar-refractivity contribution in [3.8, 4) is 0 Å². The molecule has 3 heteroatoms. The second-order valence-electron chi connectivity index (χ2n) is 13.0. The fraction of sp³-hybridized carbons (Fsp3) is 0.962. The highest BCUT2D eigenvalue weighted by Crippen LogP contribution is 2.62. The molecule has 1 N–H and O–H groups in total. The van der Waals surface area contributed by atoms with Gasteiger partial charge in [0.25, 0.3) is 0 Å². The maximum absolute atomic E-state index is 13.3. The van der Waals surface area contributed by atoms with E-state index in [1.165, 1.54) is 12.8 Å². The third-order valence-corrected chi connectivity index (χ3v) is 9.56. The molecule has 0 radical (unpaired) electrons. The predicted molar refractivity (Wildman–Crippen MR) is 118 cm³/mol. The molecule has 3 fully saturated rings. The minimum Gasteiger partial charge on any atom is -0.463 e. The average Bonchev–Trinajstić information content (AvgIpc) is 2.60. The van der Waals surface area contributed by atoms with E-state index in [9.17, 15) is 9.90 Å². The molecule has 3 rings (SSSR count). The van der Waals surface area contributed by atoms with Gasteiger partial charge in [0.15, 0.2) is 5.60 Å². The van der Waals surface area contributed by atoms with E-state index >= 15 is 0 Å². The molecule has 0 saturated heterocycles. The molecule has 3 aliphatic rings. The van der Waals surface area contributed by atoms with Gasteiger partial charge in [-0.25, -0.2) is 4.79 Å². The Labute approximate surface area is 179 Å². The molecule has 168 valence electrons. The molecule has 0 aromatic rings. The van der Waals surface area contributed by atoms with Crippen molar-refractivity contribution in [2.75, 3.05) is 6.61 Å². The van der Waals surface area contributed by atoms with Gasteiger partial charge in [-0.05, 0) is 78.9 Å². The summed E-state index contributed by atoms with van der Waals surface area (Å²) >= 11 is 0. The Bertz CT molecular complexity index is 618.